The topological polar surface area (TPSA) is 68.9 Å². The minimum Gasteiger partial charge on any atom is -0.353 e. The maximum Gasteiger partial charge on any atom is 0.282 e. The van der Waals surface area contributed by atoms with Gasteiger partial charge in [0.25, 0.3) is 11.5 Å². The summed E-state index contributed by atoms with van der Waals surface area (Å²) in [6.07, 6.45) is 12.5. The van der Waals surface area contributed by atoms with E-state index in [9.17, 15) is 9.59 Å². The minimum atomic E-state index is -0.205. The molecule has 156 valence electrons. The lowest BCUT2D eigenvalue weighted by atomic mass is 9.97. The van der Waals surface area contributed by atoms with E-state index in [4.69, 9.17) is 0 Å². The number of nitrogens with one attached hydrogen (secondary N) is 1. The Kier molecular flexibility index (Phi) is 6.12. The van der Waals surface area contributed by atoms with Crippen LogP contribution in [0.3, 0.4) is 0 Å². The first-order chi connectivity index (χ1) is 14.7. The second-order valence-corrected chi connectivity index (χ2v) is 7.84. The second-order valence-electron chi connectivity index (χ2n) is 7.84. The number of carbonyl (C=O) groups excluding carboxylic acids is 1. The Hall–Kier alpha value is -3.15. The summed E-state index contributed by atoms with van der Waals surface area (Å²) >= 11 is 0. The van der Waals surface area contributed by atoms with E-state index in [0.29, 0.717) is 29.1 Å². The number of hydrogen-bond acceptors (Lipinski definition) is 3. The molecule has 1 aromatic rings. The molecule has 6 nitrogen and oxygen atoms in total. The van der Waals surface area contributed by atoms with Crippen molar-refractivity contribution in [2.24, 2.45) is 0 Å². The number of rotatable bonds is 7. The molecule has 0 saturated carbocycles. The van der Waals surface area contributed by atoms with Gasteiger partial charge in [-0.15, -0.1) is 0 Å². The fraction of sp³-hybridized carbons (Fsp3) is 0.375. The molecule has 6 heteroatoms. The van der Waals surface area contributed by atoms with E-state index in [1.54, 1.807) is 6.20 Å². The fourth-order valence-electron chi connectivity index (χ4n) is 4.02. The molecule has 4 rings (SSSR count). The van der Waals surface area contributed by atoms with Crippen molar-refractivity contribution in [2.45, 2.75) is 52.0 Å². The molecule has 1 aliphatic carbocycles. The molecule has 0 spiro atoms. The number of para-hydroxylation sites is 1. The van der Waals surface area contributed by atoms with Crippen LogP contribution in [0.1, 0.15) is 55.8 Å². The summed E-state index contributed by atoms with van der Waals surface area (Å²) in [4.78, 5) is 26.0. The Balaban J connectivity index is 1.64. The van der Waals surface area contributed by atoms with E-state index in [1.165, 1.54) is 23.1 Å². The van der Waals surface area contributed by atoms with E-state index in [-0.39, 0.29) is 11.5 Å². The Morgan fingerprint density at radius 3 is 2.73 bits per heavy atom. The van der Waals surface area contributed by atoms with Crippen LogP contribution in [0.25, 0.3) is 16.9 Å². The molecule has 0 aromatic heterocycles. The number of amides is 1. The predicted molar refractivity (Wildman–Crippen MR) is 118 cm³/mol. The zero-order valence-corrected chi connectivity index (χ0v) is 17.4. The first-order valence-corrected chi connectivity index (χ1v) is 10.8. The summed E-state index contributed by atoms with van der Waals surface area (Å²) < 4.78 is 3.30. The van der Waals surface area contributed by atoms with Crippen LogP contribution in [0.5, 0.6) is 0 Å². The summed E-state index contributed by atoms with van der Waals surface area (Å²) in [5, 5.41) is 7.55. The van der Waals surface area contributed by atoms with E-state index in [1.807, 2.05) is 41.1 Å². The average molecular weight is 405 g/mol. The number of pyridine rings is 1. The van der Waals surface area contributed by atoms with E-state index >= 15 is 0 Å². The third kappa shape index (κ3) is 4.22. The second kappa shape index (κ2) is 9.11. The van der Waals surface area contributed by atoms with Gasteiger partial charge in [-0.1, -0.05) is 36.8 Å². The van der Waals surface area contributed by atoms with Gasteiger partial charge in [-0.3, -0.25) is 9.59 Å². The van der Waals surface area contributed by atoms with Crippen molar-refractivity contribution >= 4 is 5.91 Å². The quantitative estimate of drug-likeness (QED) is 0.601. The molecule has 1 amide bonds. The summed E-state index contributed by atoms with van der Waals surface area (Å²) in [5.74, 6) is -0.181. The lowest BCUT2D eigenvalue weighted by Crippen LogP contribution is -2.26. The zero-order chi connectivity index (χ0) is 20.9. The molecule has 2 heterocycles. The van der Waals surface area contributed by atoms with Crippen molar-refractivity contribution in [3.8, 4) is 16.9 Å². The van der Waals surface area contributed by atoms with Gasteiger partial charge in [-0.25, -0.2) is 0 Å². The molecule has 0 radical (unpaired) electrons. The van der Waals surface area contributed by atoms with Crippen LogP contribution in [0, 0.1) is 0 Å². The number of aromatic nitrogens is 3. The third-order valence-corrected chi connectivity index (χ3v) is 5.57. The summed E-state index contributed by atoms with van der Waals surface area (Å²) in [7, 11) is 0. The van der Waals surface area contributed by atoms with Crippen LogP contribution in [0.15, 0.2) is 59.2 Å². The van der Waals surface area contributed by atoms with E-state index < -0.39 is 0 Å². The molecule has 0 unspecified atom stereocenters. The summed E-state index contributed by atoms with van der Waals surface area (Å²) in [6.45, 7) is 3.40. The molecule has 3 aliphatic rings. The molecule has 0 saturated heterocycles. The van der Waals surface area contributed by atoms with Gasteiger partial charge in [0.05, 0.1) is 16.8 Å². The van der Waals surface area contributed by atoms with Gasteiger partial charge in [-0.05, 0) is 50.7 Å². The maximum atomic E-state index is 13.0. The van der Waals surface area contributed by atoms with Crippen molar-refractivity contribution in [1.29, 1.82) is 0 Å². The normalized spacial score (nSPS) is 14.0. The highest BCUT2D eigenvalue weighted by molar-refractivity contribution is 5.99. The lowest BCUT2D eigenvalue weighted by molar-refractivity contribution is 0.0953. The molecule has 2 aliphatic heterocycles. The number of fused-ring (bicyclic) bond motifs is 1. The highest BCUT2D eigenvalue weighted by atomic mass is 16.2. The fourth-order valence-corrected chi connectivity index (χ4v) is 4.02. The van der Waals surface area contributed by atoms with Crippen molar-refractivity contribution in [3.63, 3.8) is 0 Å². The number of carbonyl (C=O) groups is 1. The molecule has 0 atom stereocenters. The van der Waals surface area contributed by atoms with Crippen LogP contribution in [-0.4, -0.2) is 26.8 Å². The SMILES string of the molecule is CCCn1cc(C(=O)NCCC2=CCCCC2)c2nn(-c3ccccc3)c(=O)c-2c1. The number of hydrogen-bond donors (Lipinski definition) is 1. The molecule has 1 N–H and O–H groups in total. The highest BCUT2D eigenvalue weighted by Gasteiger charge is 2.24. The van der Waals surface area contributed by atoms with Gasteiger partial charge in [-0.2, -0.15) is 9.78 Å². The van der Waals surface area contributed by atoms with Crippen LogP contribution < -0.4 is 10.9 Å². The molecule has 0 bridgehead atoms. The van der Waals surface area contributed by atoms with Crippen molar-refractivity contribution in [3.05, 3.63) is 70.3 Å². The average Bonchev–Trinajstić information content (AvgIpc) is 3.11. The van der Waals surface area contributed by atoms with E-state index in [2.05, 4.69) is 23.4 Å². The van der Waals surface area contributed by atoms with Gasteiger partial charge in [0.15, 0.2) is 0 Å². The lowest BCUT2D eigenvalue weighted by Gasteiger charge is -2.14. The van der Waals surface area contributed by atoms with Crippen LogP contribution >= 0.6 is 0 Å². The predicted octanol–water partition coefficient (Wildman–Crippen LogP) is 4.17. The van der Waals surface area contributed by atoms with Gasteiger partial charge < -0.3 is 9.88 Å². The monoisotopic (exact) mass is 404 g/mol. The third-order valence-electron chi connectivity index (χ3n) is 5.57. The van der Waals surface area contributed by atoms with Gasteiger partial charge in [0, 0.05) is 25.5 Å². The highest BCUT2D eigenvalue weighted by Crippen LogP contribution is 2.23. The summed E-state index contributed by atoms with van der Waals surface area (Å²) in [5.41, 5.74) is 3.28. The number of allylic oxidation sites excluding steroid dienone is 1. The molecular formula is C24H28N4O2. The summed E-state index contributed by atoms with van der Waals surface area (Å²) in [6, 6.07) is 9.31. The Labute approximate surface area is 176 Å². The largest absolute Gasteiger partial charge is 0.353 e. The zero-order valence-electron chi connectivity index (χ0n) is 17.4. The first kappa shape index (κ1) is 20.1. The van der Waals surface area contributed by atoms with Gasteiger partial charge >= 0.3 is 0 Å². The van der Waals surface area contributed by atoms with Crippen LogP contribution in [0.4, 0.5) is 0 Å². The van der Waals surface area contributed by atoms with Crippen molar-refractivity contribution in [2.75, 3.05) is 6.54 Å². The molecule has 1 aromatic carbocycles. The number of aryl methyl sites for hydroxylation is 1. The van der Waals surface area contributed by atoms with Gasteiger partial charge in [0.1, 0.15) is 5.69 Å². The van der Waals surface area contributed by atoms with Crippen molar-refractivity contribution < 1.29 is 4.79 Å². The smallest absolute Gasteiger partial charge is 0.282 e. The molecular weight excluding hydrogens is 376 g/mol. The Morgan fingerprint density at radius 1 is 1.17 bits per heavy atom. The number of nitrogens with zero attached hydrogens (tertiary/aromatic N) is 3. The molecule has 0 fully saturated rings. The maximum absolute atomic E-state index is 13.0. The Morgan fingerprint density at radius 2 is 2.00 bits per heavy atom. The van der Waals surface area contributed by atoms with Crippen molar-refractivity contribution in [1.82, 2.24) is 19.7 Å². The first-order valence-electron chi connectivity index (χ1n) is 10.8. The van der Waals surface area contributed by atoms with Gasteiger partial charge in [0.2, 0.25) is 0 Å². The minimum absolute atomic E-state index is 0.181. The standard InChI is InChI=1S/C24H28N4O2/c1-2-15-27-16-20(23(29)25-14-13-18-9-5-3-6-10-18)22-21(17-27)24(30)28(26-22)19-11-7-4-8-12-19/h4,7-9,11-12,16-17H,2-3,5-6,10,13-15H2,1H3,(H,25,29). The number of benzene rings is 1. The van der Waals surface area contributed by atoms with Crippen LogP contribution in [-0.2, 0) is 6.54 Å². The molecule has 30 heavy (non-hydrogen) atoms. The van der Waals surface area contributed by atoms with Crippen LogP contribution in [0.2, 0.25) is 0 Å². The van der Waals surface area contributed by atoms with E-state index in [0.717, 1.165) is 32.2 Å². The Bertz CT molecular complexity index is 1080.